The Bertz CT molecular complexity index is 1150. The van der Waals surface area contributed by atoms with Gasteiger partial charge in [-0.3, -0.25) is 14.9 Å². The van der Waals surface area contributed by atoms with Gasteiger partial charge in [-0.25, -0.2) is 0 Å². The number of rotatable bonds is 4. The van der Waals surface area contributed by atoms with E-state index in [0.717, 1.165) is 30.0 Å². The molecule has 3 aromatic rings. The van der Waals surface area contributed by atoms with Crippen molar-refractivity contribution in [1.82, 2.24) is 10.2 Å². The van der Waals surface area contributed by atoms with Crippen molar-refractivity contribution in [3.63, 3.8) is 0 Å². The van der Waals surface area contributed by atoms with Gasteiger partial charge in [-0.1, -0.05) is 41.9 Å². The largest absolute Gasteiger partial charge is 0.368 e. The van der Waals surface area contributed by atoms with Crippen LogP contribution in [0.3, 0.4) is 0 Å². The SMILES string of the molecule is O=C(NC(=S)Nc1ccc(N2CCN(C(=O)c3ccccc3)CC2)cc1)c1ccccc1Cl. The molecule has 2 N–H and O–H groups in total. The van der Waals surface area contributed by atoms with Crippen LogP contribution in [-0.4, -0.2) is 48.0 Å². The minimum atomic E-state index is -0.363. The lowest BCUT2D eigenvalue weighted by atomic mass is 10.1. The van der Waals surface area contributed by atoms with Crippen LogP contribution in [0.15, 0.2) is 78.9 Å². The third-order valence-electron chi connectivity index (χ3n) is 5.42. The molecule has 0 bridgehead atoms. The van der Waals surface area contributed by atoms with Crippen LogP contribution in [0.25, 0.3) is 0 Å². The highest BCUT2D eigenvalue weighted by Crippen LogP contribution is 2.20. The fourth-order valence-corrected chi connectivity index (χ4v) is 4.10. The summed E-state index contributed by atoms with van der Waals surface area (Å²) in [6.45, 7) is 2.87. The van der Waals surface area contributed by atoms with Crippen LogP contribution in [0.1, 0.15) is 20.7 Å². The maximum atomic E-state index is 12.6. The standard InChI is InChI=1S/C25H23ClN4O2S/c26-22-9-5-4-8-21(22)23(31)28-25(33)27-19-10-12-20(13-11-19)29-14-16-30(17-15-29)24(32)18-6-2-1-3-7-18/h1-13H,14-17H2,(H2,27,28,31,33). The van der Waals surface area contributed by atoms with Crippen molar-refractivity contribution in [1.29, 1.82) is 0 Å². The lowest BCUT2D eigenvalue weighted by molar-refractivity contribution is 0.0746. The minimum Gasteiger partial charge on any atom is -0.368 e. The number of benzene rings is 3. The summed E-state index contributed by atoms with van der Waals surface area (Å²) in [6.07, 6.45) is 0. The van der Waals surface area contributed by atoms with Crippen molar-refractivity contribution in [2.45, 2.75) is 0 Å². The summed E-state index contributed by atoms with van der Waals surface area (Å²) in [5.41, 5.74) is 2.92. The van der Waals surface area contributed by atoms with Crippen molar-refractivity contribution in [2.75, 3.05) is 36.4 Å². The third kappa shape index (κ3) is 5.69. The molecule has 168 valence electrons. The van der Waals surface area contributed by atoms with E-state index in [1.54, 1.807) is 24.3 Å². The molecule has 0 radical (unpaired) electrons. The highest BCUT2D eigenvalue weighted by Gasteiger charge is 2.22. The average Bonchev–Trinajstić information content (AvgIpc) is 2.85. The Balaban J connectivity index is 1.29. The number of carbonyl (C=O) groups excluding carboxylic acids is 2. The monoisotopic (exact) mass is 478 g/mol. The summed E-state index contributed by atoms with van der Waals surface area (Å²) in [5, 5.41) is 6.22. The predicted molar refractivity (Wildman–Crippen MR) is 136 cm³/mol. The fraction of sp³-hybridized carbons (Fsp3) is 0.160. The first kappa shape index (κ1) is 22.8. The summed E-state index contributed by atoms with van der Waals surface area (Å²) in [6, 6.07) is 24.0. The van der Waals surface area contributed by atoms with Crippen molar-refractivity contribution in [3.05, 3.63) is 95.0 Å². The van der Waals surface area contributed by atoms with Crippen molar-refractivity contribution in [3.8, 4) is 0 Å². The maximum Gasteiger partial charge on any atom is 0.258 e. The van der Waals surface area contributed by atoms with Gasteiger partial charge < -0.3 is 15.1 Å². The van der Waals surface area contributed by atoms with Crippen molar-refractivity contribution < 1.29 is 9.59 Å². The van der Waals surface area contributed by atoms with Crippen LogP contribution in [-0.2, 0) is 0 Å². The molecule has 0 atom stereocenters. The Morgan fingerprint density at radius 3 is 2.12 bits per heavy atom. The zero-order valence-corrected chi connectivity index (χ0v) is 19.4. The lowest BCUT2D eigenvalue weighted by Gasteiger charge is -2.36. The van der Waals surface area contributed by atoms with Gasteiger partial charge in [-0.2, -0.15) is 0 Å². The van der Waals surface area contributed by atoms with Crippen LogP contribution < -0.4 is 15.5 Å². The second kappa shape index (κ2) is 10.5. The van der Waals surface area contributed by atoms with Gasteiger partial charge in [0.2, 0.25) is 0 Å². The van der Waals surface area contributed by atoms with E-state index in [1.165, 1.54) is 0 Å². The number of nitrogens with zero attached hydrogens (tertiary/aromatic N) is 2. The van der Waals surface area contributed by atoms with Gasteiger partial charge in [0.1, 0.15) is 0 Å². The molecular formula is C25H23ClN4O2S. The summed E-state index contributed by atoms with van der Waals surface area (Å²) in [4.78, 5) is 29.1. The molecule has 4 rings (SSSR count). The maximum absolute atomic E-state index is 12.6. The molecule has 6 nitrogen and oxygen atoms in total. The molecule has 0 spiro atoms. The Hall–Kier alpha value is -3.42. The van der Waals surface area contributed by atoms with E-state index in [0.29, 0.717) is 23.7 Å². The fourth-order valence-electron chi connectivity index (χ4n) is 3.66. The number of thiocarbonyl (C=S) groups is 1. The van der Waals surface area contributed by atoms with Gasteiger partial charge in [0.05, 0.1) is 10.6 Å². The molecule has 8 heteroatoms. The van der Waals surface area contributed by atoms with Gasteiger partial charge in [-0.15, -0.1) is 0 Å². The molecule has 0 aromatic heterocycles. The Labute approximate surface area is 203 Å². The normalized spacial score (nSPS) is 13.4. The Kier molecular flexibility index (Phi) is 7.22. The molecule has 33 heavy (non-hydrogen) atoms. The molecule has 0 saturated carbocycles. The third-order valence-corrected chi connectivity index (χ3v) is 5.96. The molecule has 1 fully saturated rings. The topological polar surface area (TPSA) is 64.7 Å². The summed E-state index contributed by atoms with van der Waals surface area (Å²) >= 11 is 11.3. The van der Waals surface area contributed by atoms with E-state index >= 15 is 0 Å². The van der Waals surface area contributed by atoms with E-state index in [4.69, 9.17) is 23.8 Å². The van der Waals surface area contributed by atoms with Crippen LogP contribution in [0.2, 0.25) is 5.02 Å². The summed E-state index contributed by atoms with van der Waals surface area (Å²) in [5.74, 6) is -0.292. The number of nitrogens with one attached hydrogen (secondary N) is 2. The lowest BCUT2D eigenvalue weighted by Crippen LogP contribution is -2.48. The van der Waals surface area contributed by atoms with Crippen LogP contribution in [0.5, 0.6) is 0 Å². The molecule has 1 aliphatic rings. The number of carbonyl (C=O) groups is 2. The number of piperazine rings is 1. The zero-order chi connectivity index (χ0) is 23.2. The second-order valence-electron chi connectivity index (χ2n) is 7.58. The van der Waals surface area contributed by atoms with E-state index in [1.807, 2.05) is 59.5 Å². The van der Waals surface area contributed by atoms with Gasteiger partial charge >= 0.3 is 0 Å². The van der Waals surface area contributed by atoms with Crippen LogP contribution in [0.4, 0.5) is 11.4 Å². The van der Waals surface area contributed by atoms with Crippen molar-refractivity contribution >= 4 is 52.1 Å². The number of halogens is 1. The molecule has 2 amide bonds. The number of amides is 2. The van der Waals surface area contributed by atoms with E-state index < -0.39 is 0 Å². The van der Waals surface area contributed by atoms with E-state index in [-0.39, 0.29) is 16.9 Å². The molecular weight excluding hydrogens is 456 g/mol. The quantitative estimate of drug-likeness (QED) is 0.543. The smallest absolute Gasteiger partial charge is 0.258 e. The summed E-state index contributed by atoms with van der Waals surface area (Å²) < 4.78 is 0. The average molecular weight is 479 g/mol. The predicted octanol–water partition coefficient (Wildman–Crippen LogP) is 4.43. The van der Waals surface area contributed by atoms with Crippen molar-refractivity contribution in [2.24, 2.45) is 0 Å². The molecule has 1 saturated heterocycles. The first-order valence-corrected chi connectivity index (χ1v) is 11.4. The molecule has 1 aliphatic heterocycles. The molecule has 3 aromatic carbocycles. The van der Waals surface area contributed by atoms with Crippen LogP contribution in [0, 0.1) is 0 Å². The molecule has 0 aliphatic carbocycles. The first-order valence-electron chi connectivity index (χ1n) is 10.6. The van der Waals surface area contributed by atoms with E-state index in [2.05, 4.69) is 15.5 Å². The second-order valence-corrected chi connectivity index (χ2v) is 8.40. The van der Waals surface area contributed by atoms with Gasteiger partial charge in [-0.05, 0) is 60.7 Å². The Morgan fingerprint density at radius 1 is 0.818 bits per heavy atom. The highest BCUT2D eigenvalue weighted by molar-refractivity contribution is 7.80. The molecule has 0 unspecified atom stereocenters. The van der Waals surface area contributed by atoms with Crippen LogP contribution >= 0.6 is 23.8 Å². The van der Waals surface area contributed by atoms with Gasteiger partial charge in [0.15, 0.2) is 5.11 Å². The first-order chi connectivity index (χ1) is 16.0. The number of hydrogen-bond donors (Lipinski definition) is 2. The summed E-state index contributed by atoms with van der Waals surface area (Å²) in [7, 11) is 0. The number of hydrogen-bond acceptors (Lipinski definition) is 4. The highest BCUT2D eigenvalue weighted by atomic mass is 35.5. The molecule has 1 heterocycles. The Morgan fingerprint density at radius 2 is 1.45 bits per heavy atom. The zero-order valence-electron chi connectivity index (χ0n) is 17.8. The van der Waals surface area contributed by atoms with Gasteiger partial charge in [0, 0.05) is 43.1 Å². The van der Waals surface area contributed by atoms with E-state index in [9.17, 15) is 9.59 Å². The van der Waals surface area contributed by atoms with Gasteiger partial charge in [0.25, 0.3) is 11.8 Å². The number of anilines is 2. The minimum absolute atomic E-state index is 0.0714.